The van der Waals surface area contributed by atoms with Crippen LogP contribution in [0.3, 0.4) is 0 Å². The summed E-state index contributed by atoms with van der Waals surface area (Å²) in [5.41, 5.74) is 2.19. The molecule has 0 saturated heterocycles. The molecule has 0 heterocycles. The molecule has 0 spiro atoms. The molecule has 0 N–H and O–H groups in total. The van der Waals surface area contributed by atoms with E-state index >= 15 is 0 Å². The number of rotatable bonds is 1. The average molecular weight is 150 g/mol. The molecule has 0 unspecified atom stereocenters. The fourth-order valence-electron chi connectivity index (χ4n) is 2.59. The Morgan fingerprint density at radius 3 is 2.82 bits per heavy atom. The third-order valence-electron chi connectivity index (χ3n) is 3.87. The summed E-state index contributed by atoms with van der Waals surface area (Å²) in [5.74, 6) is 1.91. The first-order valence-electron chi connectivity index (χ1n) is 4.77. The Morgan fingerprint density at radius 2 is 2.27 bits per heavy atom. The molecule has 11 heavy (non-hydrogen) atoms. The summed E-state index contributed by atoms with van der Waals surface area (Å²) in [4.78, 5) is 0. The number of allylic oxidation sites excluding steroid dienone is 1. The van der Waals surface area contributed by atoms with Gasteiger partial charge in [0.2, 0.25) is 0 Å². The average Bonchev–Trinajstić information content (AvgIpc) is 2.58. The van der Waals surface area contributed by atoms with Crippen LogP contribution >= 0.6 is 0 Å². The van der Waals surface area contributed by atoms with Crippen molar-refractivity contribution in [3.63, 3.8) is 0 Å². The highest BCUT2D eigenvalue weighted by Crippen LogP contribution is 2.62. The topological polar surface area (TPSA) is 0 Å². The predicted octanol–water partition coefficient (Wildman–Crippen LogP) is 3.39. The molecular formula is C11H18. The zero-order valence-corrected chi connectivity index (χ0v) is 7.69. The van der Waals surface area contributed by atoms with E-state index in [-0.39, 0.29) is 0 Å². The molecule has 0 amide bonds. The van der Waals surface area contributed by atoms with Gasteiger partial charge in [0.15, 0.2) is 0 Å². The first-order valence-corrected chi connectivity index (χ1v) is 4.77. The number of hydrogen-bond donors (Lipinski definition) is 0. The fraction of sp³-hybridized carbons (Fsp3) is 0.818. The summed E-state index contributed by atoms with van der Waals surface area (Å²) < 4.78 is 0. The first-order chi connectivity index (χ1) is 5.12. The minimum atomic E-state index is 0.770. The van der Waals surface area contributed by atoms with Crippen molar-refractivity contribution >= 4 is 0 Å². The maximum atomic E-state index is 4.05. The van der Waals surface area contributed by atoms with Crippen LogP contribution in [0.25, 0.3) is 0 Å². The maximum absolute atomic E-state index is 4.05. The summed E-state index contributed by atoms with van der Waals surface area (Å²) in [6.07, 6.45) is 5.79. The highest BCUT2D eigenvalue weighted by atomic mass is 14.6. The smallest absolute Gasteiger partial charge is 0.0206 e. The summed E-state index contributed by atoms with van der Waals surface area (Å²) in [7, 11) is 0. The van der Waals surface area contributed by atoms with Crippen LogP contribution in [-0.4, -0.2) is 0 Å². The van der Waals surface area contributed by atoms with Crippen LogP contribution in [0.5, 0.6) is 0 Å². The lowest BCUT2D eigenvalue weighted by Crippen LogP contribution is -2.14. The molecule has 0 aliphatic heterocycles. The van der Waals surface area contributed by atoms with Crippen molar-refractivity contribution in [3.8, 4) is 0 Å². The molecule has 62 valence electrons. The highest BCUT2D eigenvalue weighted by Gasteiger charge is 2.52. The SMILES string of the molecule is C=C(C)[C@@H]1CC[C@@]2(C)C[C@H]2C1. The van der Waals surface area contributed by atoms with Crippen LogP contribution in [0.15, 0.2) is 12.2 Å². The number of hydrogen-bond acceptors (Lipinski definition) is 0. The van der Waals surface area contributed by atoms with Gasteiger partial charge in [-0.05, 0) is 49.9 Å². The Labute approximate surface area is 69.7 Å². The van der Waals surface area contributed by atoms with Gasteiger partial charge in [-0.1, -0.05) is 19.1 Å². The van der Waals surface area contributed by atoms with Crippen LogP contribution < -0.4 is 0 Å². The van der Waals surface area contributed by atoms with Gasteiger partial charge in [0.05, 0.1) is 0 Å². The van der Waals surface area contributed by atoms with E-state index in [1.807, 2.05) is 0 Å². The van der Waals surface area contributed by atoms with Crippen molar-refractivity contribution in [1.82, 2.24) is 0 Å². The Bertz CT molecular complexity index is 192. The van der Waals surface area contributed by atoms with Crippen LogP contribution in [0.2, 0.25) is 0 Å². The summed E-state index contributed by atoms with van der Waals surface area (Å²) in [6, 6.07) is 0. The van der Waals surface area contributed by atoms with E-state index in [0.29, 0.717) is 0 Å². The van der Waals surface area contributed by atoms with Gasteiger partial charge in [0.1, 0.15) is 0 Å². The van der Waals surface area contributed by atoms with Crippen molar-refractivity contribution in [2.24, 2.45) is 17.3 Å². The Kier molecular flexibility index (Phi) is 1.42. The molecule has 0 nitrogen and oxygen atoms in total. The molecular weight excluding hydrogens is 132 g/mol. The lowest BCUT2D eigenvalue weighted by molar-refractivity contribution is 0.307. The monoisotopic (exact) mass is 150 g/mol. The molecule has 2 fully saturated rings. The van der Waals surface area contributed by atoms with Crippen molar-refractivity contribution < 1.29 is 0 Å². The maximum Gasteiger partial charge on any atom is -0.0206 e. The van der Waals surface area contributed by atoms with Crippen molar-refractivity contribution in [1.29, 1.82) is 0 Å². The van der Waals surface area contributed by atoms with Crippen LogP contribution in [0, 0.1) is 17.3 Å². The largest absolute Gasteiger partial charge is 0.0999 e. The Morgan fingerprint density at radius 1 is 1.55 bits per heavy atom. The summed E-state index contributed by atoms with van der Waals surface area (Å²) in [5, 5.41) is 0. The minimum absolute atomic E-state index is 0.770. The molecule has 0 aromatic carbocycles. The standard InChI is InChI=1S/C11H18/c1-8(2)9-4-5-11(3)7-10(11)6-9/h9-10H,1,4-7H2,2-3H3/t9-,10-,11+/m1/s1. The van der Waals surface area contributed by atoms with E-state index < -0.39 is 0 Å². The Hall–Kier alpha value is -0.260. The molecule has 0 radical (unpaired) electrons. The molecule has 2 aliphatic rings. The van der Waals surface area contributed by atoms with E-state index in [1.165, 1.54) is 31.3 Å². The minimum Gasteiger partial charge on any atom is -0.0999 e. The van der Waals surface area contributed by atoms with Gasteiger partial charge >= 0.3 is 0 Å². The van der Waals surface area contributed by atoms with E-state index in [4.69, 9.17) is 0 Å². The first kappa shape index (κ1) is 7.39. The Balaban J connectivity index is 1.98. The second kappa shape index (κ2) is 2.12. The molecule has 0 aromatic rings. The molecule has 2 aliphatic carbocycles. The second-order valence-electron chi connectivity index (χ2n) is 4.87. The predicted molar refractivity (Wildman–Crippen MR) is 48.4 cm³/mol. The normalized spacial score (nSPS) is 48.2. The van der Waals surface area contributed by atoms with Gasteiger partial charge in [0, 0.05) is 0 Å². The second-order valence-corrected chi connectivity index (χ2v) is 4.87. The van der Waals surface area contributed by atoms with E-state index in [0.717, 1.165) is 17.3 Å². The third-order valence-corrected chi connectivity index (χ3v) is 3.87. The van der Waals surface area contributed by atoms with Gasteiger partial charge in [-0.25, -0.2) is 0 Å². The van der Waals surface area contributed by atoms with Crippen molar-refractivity contribution in [3.05, 3.63) is 12.2 Å². The lowest BCUT2D eigenvalue weighted by Gasteiger charge is -2.25. The third kappa shape index (κ3) is 1.13. The molecule has 3 atom stereocenters. The zero-order chi connectivity index (χ0) is 8.06. The summed E-state index contributed by atoms with van der Waals surface area (Å²) >= 11 is 0. The van der Waals surface area contributed by atoms with Gasteiger partial charge in [-0.3, -0.25) is 0 Å². The van der Waals surface area contributed by atoms with Crippen LogP contribution in [0.4, 0.5) is 0 Å². The zero-order valence-electron chi connectivity index (χ0n) is 7.69. The molecule has 2 rings (SSSR count). The highest BCUT2D eigenvalue weighted by molar-refractivity contribution is 5.09. The van der Waals surface area contributed by atoms with Crippen LogP contribution in [-0.2, 0) is 0 Å². The fourth-order valence-corrected chi connectivity index (χ4v) is 2.59. The van der Waals surface area contributed by atoms with Crippen molar-refractivity contribution in [2.45, 2.75) is 39.5 Å². The van der Waals surface area contributed by atoms with Gasteiger partial charge in [-0.15, -0.1) is 0 Å². The molecule has 0 aromatic heterocycles. The van der Waals surface area contributed by atoms with Gasteiger partial charge in [0.25, 0.3) is 0 Å². The molecule has 0 bridgehead atoms. The van der Waals surface area contributed by atoms with E-state index in [9.17, 15) is 0 Å². The van der Waals surface area contributed by atoms with Gasteiger partial charge < -0.3 is 0 Å². The van der Waals surface area contributed by atoms with Gasteiger partial charge in [-0.2, -0.15) is 0 Å². The summed E-state index contributed by atoms with van der Waals surface area (Å²) in [6.45, 7) is 8.70. The van der Waals surface area contributed by atoms with Crippen molar-refractivity contribution in [2.75, 3.05) is 0 Å². The molecule has 0 heteroatoms. The van der Waals surface area contributed by atoms with Crippen LogP contribution in [0.1, 0.15) is 39.5 Å². The lowest BCUT2D eigenvalue weighted by atomic mass is 9.80. The molecule has 2 saturated carbocycles. The quantitative estimate of drug-likeness (QED) is 0.503. The van der Waals surface area contributed by atoms with E-state index in [2.05, 4.69) is 20.4 Å². The number of fused-ring (bicyclic) bond motifs is 1. The van der Waals surface area contributed by atoms with E-state index in [1.54, 1.807) is 0 Å².